The van der Waals surface area contributed by atoms with E-state index < -0.39 is 5.60 Å². The number of aromatic nitrogens is 3. The van der Waals surface area contributed by atoms with Gasteiger partial charge in [0, 0.05) is 21.4 Å². The van der Waals surface area contributed by atoms with Gasteiger partial charge in [0.05, 0.1) is 6.54 Å². The average Bonchev–Trinajstić information content (AvgIpc) is 2.90. The lowest BCUT2D eigenvalue weighted by Gasteiger charge is -2.24. The van der Waals surface area contributed by atoms with Gasteiger partial charge in [0.2, 0.25) is 0 Å². The summed E-state index contributed by atoms with van der Waals surface area (Å²) in [5.74, 6) is 3.06. The average molecular weight is 336 g/mol. The maximum absolute atomic E-state index is 10.7. The van der Waals surface area contributed by atoms with Crippen molar-refractivity contribution in [2.24, 2.45) is 0 Å². The van der Waals surface area contributed by atoms with E-state index in [9.17, 15) is 5.11 Å². The third kappa shape index (κ3) is 4.51. The number of halogens is 1. The molecule has 2 rings (SSSR count). The van der Waals surface area contributed by atoms with Gasteiger partial charge in [-0.1, -0.05) is 49.2 Å². The molecule has 22 heavy (non-hydrogen) atoms. The van der Waals surface area contributed by atoms with Crippen molar-refractivity contribution in [1.29, 1.82) is 0 Å². The Morgan fingerprint density at radius 2 is 2.23 bits per heavy atom. The van der Waals surface area contributed by atoms with Crippen molar-refractivity contribution in [1.82, 2.24) is 14.8 Å². The minimum absolute atomic E-state index is 0.279. The van der Waals surface area contributed by atoms with E-state index in [1.54, 1.807) is 35.8 Å². The van der Waals surface area contributed by atoms with E-state index >= 15 is 0 Å². The van der Waals surface area contributed by atoms with Crippen molar-refractivity contribution in [2.45, 2.75) is 38.2 Å². The molecule has 0 saturated carbocycles. The third-order valence-electron chi connectivity index (χ3n) is 2.98. The SMILES string of the molecule is CC(C)SC#Cc1ccc(C(C)(O)Cn2cncn2)c(Cl)c1. The zero-order valence-electron chi connectivity index (χ0n) is 12.7. The number of rotatable bonds is 4. The van der Waals surface area contributed by atoms with E-state index in [0.717, 1.165) is 5.56 Å². The number of benzene rings is 1. The number of nitrogens with zero attached hydrogens (tertiary/aromatic N) is 3. The molecule has 0 amide bonds. The second-order valence-corrected chi connectivity index (χ2v) is 7.25. The Bertz CT molecular complexity index is 687. The van der Waals surface area contributed by atoms with Crippen LogP contribution in [0, 0.1) is 11.2 Å². The Labute approximate surface area is 139 Å². The highest BCUT2D eigenvalue weighted by Gasteiger charge is 2.26. The molecule has 0 spiro atoms. The summed E-state index contributed by atoms with van der Waals surface area (Å²) < 4.78 is 1.57. The van der Waals surface area contributed by atoms with Crippen LogP contribution in [-0.2, 0) is 12.1 Å². The minimum Gasteiger partial charge on any atom is -0.383 e. The van der Waals surface area contributed by atoms with Crippen LogP contribution < -0.4 is 0 Å². The normalized spacial score (nSPS) is 13.5. The molecule has 1 atom stereocenters. The molecule has 1 unspecified atom stereocenters. The largest absolute Gasteiger partial charge is 0.383 e. The monoisotopic (exact) mass is 335 g/mol. The number of hydrogen-bond donors (Lipinski definition) is 1. The summed E-state index contributed by atoms with van der Waals surface area (Å²) in [6.45, 7) is 6.17. The van der Waals surface area contributed by atoms with Crippen LogP contribution in [0.25, 0.3) is 0 Å². The second kappa shape index (κ2) is 7.19. The highest BCUT2D eigenvalue weighted by Crippen LogP contribution is 2.30. The Hall–Kier alpha value is -1.48. The Morgan fingerprint density at radius 3 is 2.82 bits per heavy atom. The zero-order valence-corrected chi connectivity index (χ0v) is 14.3. The highest BCUT2D eigenvalue weighted by atomic mass is 35.5. The lowest BCUT2D eigenvalue weighted by atomic mass is 9.95. The van der Waals surface area contributed by atoms with E-state index in [1.165, 1.54) is 6.33 Å². The van der Waals surface area contributed by atoms with Crippen molar-refractivity contribution in [3.05, 3.63) is 47.0 Å². The molecule has 0 aliphatic carbocycles. The van der Waals surface area contributed by atoms with Crippen molar-refractivity contribution >= 4 is 23.4 Å². The fourth-order valence-electron chi connectivity index (χ4n) is 1.95. The molecule has 0 saturated heterocycles. The van der Waals surface area contributed by atoms with Gasteiger partial charge in [-0.15, -0.1) is 0 Å². The molecule has 1 heterocycles. The lowest BCUT2D eigenvalue weighted by Crippen LogP contribution is -2.28. The molecule has 0 radical (unpaired) electrons. The van der Waals surface area contributed by atoms with Gasteiger partial charge in [0.15, 0.2) is 0 Å². The molecular weight excluding hydrogens is 318 g/mol. The van der Waals surface area contributed by atoms with Crippen LogP contribution >= 0.6 is 23.4 Å². The standard InChI is InChI=1S/C16H18ClN3OS/c1-12(2)22-7-6-13-4-5-14(15(17)8-13)16(3,21)9-20-11-18-10-19-20/h4-5,8,10-12,21H,9H2,1-3H3. The number of thioether (sulfide) groups is 1. The van der Waals surface area contributed by atoms with Crippen LogP contribution in [0.15, 0.2) is 30.9 Å². The van der Waals surface area contributed by atoms with Crippen molar-refractivity contribution in [2.75, 3.05) is 0 Å². The predicted octanol–water partition coefficient (Wildman–Crippen LogP) is 3.29. The van der Waals surface area contributed by atoms with Crippen LogP contribution in [0.3, 0.4) is 0 Å². The number of hydrogen-bond acceptors (Lipinski definition) is 4. The Balaban J connectivity index is 2.19. The summed E-state index contributed by atoms with van der Waals surface area (Å²) >= 11 is 7.89. The van der Waals surface area contributed by atoms with Crippen LogP contribution in [0.4, 0.5) is 0 Å². The first kappa shape index (κ1) is 16.9. The molecule has 0 fully saturated rings. The maximum atomic E-state index is 10.7. The van der Waals surface area contributed by atoms with Crippen LogP contribution in [-0.4, -0.2) is 25.1 Å². The number of aliphatic hydroxyl groups is 1. The van der Waals surface area contributed by atoms with Crippen LogP contribution in [0.2, 0.25) is 5.02 Å². The van der Waals surface area contributed by atoms with Crippen molar-refractivity contribution in [3.8, 4) is 11.2 Å². The van der Waals surface area contributed by atoms with Crippen LogP contribution in [0.5, 0.6) is 0 Å². The molecule has 2 aromatic rings. The van der Waals surface area contributed by atoms with Gasteiger partial charge in [-0.05, 0) is 24.3 Å². The molecule has 1 N–H and O–H groups in total. The molecule has 4 nitrogen and oxygen atoms in total. The van der Waals surface area contributed by atoms with Crippen molar-refractivity contribution < 1.29 is 5.11 Å². The minimum atomic E-state index is -1.14. The van der Waals surface area contributed by atoms with Gasteiger partial charge < -0.3 is 5.11 Å². The van der Waals surface area contributed by atoms with E-state index in [4.69, 9.17) is 11.6 Å². The quantitative estimate of drug-likeness (QED) is 0.871. The smallest absolute Gasteiger partial charge is 0.137 e. The van der Waals surface area contributed by atoms with E-state index in [2.05, 4.69) is 35.1 Å². The van der Waals surface area contributed by atoms with E-state index in [-0.39, 0.29) is 6.54 Å². The predicted molar refractivity (Wildman–Crippen MR) is 90.6 cm³/mol. The first-order valence-corrected chi connectivity index (χ1v) is 8.16. The Morgan fingerprint density at radius 1 is 1.45 bits per heavy atom. The molecule has 0 aliphatic heterocycles. The van der Waals surface area contributed by atoms with Gasteiger partial charge in [-0.2, -0.15) is 5.10 Å². The van der Waals surface area contributed by atoms with Crippen molar-refractivity contribution in [3.63, 3.8) is 0 Å². The summed E-state index contributed by atoms with van der Waals surface area (Å²) in [6.07, 6.45) is 2.99. The summed E-state index contributed by atoms with van der Waals surface area (Å²) in [7, 11) is 0. The summed E-state index contributed by atoms with van der Waals surface area (Å²) in [4.78, 5) is 3.87. The van der Waals surface area contributed by atoms with Gasteiger partial charge in [-0.3, -0.25) is 0 Å². The van der Waals surface area contributed by atoms with E-state index in [1.807, 2.05) is 12.1 Å². The lowest BCUT2D eigenvalue weighted by molar-refractivity contribution is 0.0346. The molecular formula is C16H18ClN3OS. The van der Waals surface area contributed by atoms with Gasteiger partial charge >= 0.3 is 0 Å². The highest BCUT2D eigenvalue weighted by molar-refractivity contribution is 8.04. The molecule has 0 aliphatic rings. The molecule has 1 aromatic heterocycles. The molecule has 116 valence electrons. The first-order chi connectivity index (χ1) is 10.4. The molecule has 0 bridgehead atoms. The van der Waals surface area contributed by atoms with Crippen LogP contribution in [0.1, 0.15) is 31.9 Å². The third-order valence-corrected chi connectivity index (χ3v) is 3.98. The zero-order chi connectivity index (χ0) is 16.2. The van der Waals surface area contributed by atoms with E-state index in [0.29, 0.717) is 15.8 Å². The second-order valence-electron chi connectivity index (χ2n) is 5.46. The van der Waals surface area contributed by atoms with Gasteiger partial charge in [-0.25, -0.2) is 9.67 Å². The topological polar surface area (TPSA) is 50.9 Å². The maximum Gasteiger partial charge on any atom is 0.137 e. The Kier molecular flexibility index (Phi) is 5.52. The summed E-state index contributed by atoms with van der Waals surface area (Å²) in [5, 5.41) is 18.7. The first-order valence-electron chi connectivity index (χ1n) is 6.90. The summed E-state index contributed by atoms with van der Waals surface area (Å²) in [5.41, 5.74) is 0.342. The fraction of sp³-hybridized carbons (Fsp3) is 0.375. The van der Waals surface area contributed by atoms with Gasteiger partial charge in [0.25, 0.3) is 0 Å². The molecule has 1 aromatic carbocycles. The molecule has 6 heteroatoms. The fourth-order valence-corrected chi connectivity index (χ4v) is 2.75. The summed E-state index contributed by atoms with van der Waals surface area (Å²) in [6, 6.07) is 5.45. The van der Waals surface area contributed by atoms with Gasteiger partial charge in [0.1, 0.15) is 18.3 Å².